The summed E-state index contributed by atoms with van der Waals surface area (Å²) in [4.78, 5) is 24.8. The minimum absolute atomic E-state index is 0.109. The SMILES string of the molecule is CNc1ncccc1CN1CCO[C@H](CCc2cc(=O)[nH]cn2)C1. The highest BCUT2D eigenvalue weighted by molar-refractivity contribution is 5.42. The Morgan fingerprint density at radius 1 is 1.46 bits per heavy atom. The predicted octanol–water partition coefficient (Wildman–Crippen LogP) is 1.04. The molecule has 7 heteroatoms. The second kappa shape index (κ2) is 8.03. The summed E-state index contributed by atoms with van der Waals surface area (Å²) in [5.74, 6) is 0.924. The normalized spacial score (nSPS) is 18.5. The number of rotatable bonds is 6. The van der Waals surface area contributed by atoms with Gasteiger partial charge in [0.15, 0.2) is 0 Å². The Bertz CT molecular complexity index is 718. The molecule has 0 aliphatic carbocycles. The van der Waals surface area contributed by atoms with Crippen LogP contribution in [-0.2, 0) is 17.7 Å². The van der Waals surface area contributed by atoms with Crippen molar-refractivity contribution in [2.24, 2.45) is 0 Å². The number of hydrogen-bond acceptors (Lipinski definition) is 6. The Hall–Kier alpha value is -2.25. The third-order valence-corrected chi connectivity index (χ3v) is 4.20. The molecule has 1 atom stereocenters. The molecule has 1 fully saturated rings. The van der Waals surface area contributed by atoms with E-state index < -0.39 is 0 Å². The van der Waals surface area contributed by atoms with Crippen molar-refractivity contribution in [3.05, 3.63) is 52.3 Å². The van der Waals surface area contributed by atoms with Crippen molar-refractivity contribution < 1.29 is 4.74 Å². The summed E-state index contributed by atoms with van der Waals surface area (Å²) in [5, 5.41) is 3.14. The number of hydrogen-bond donors (Lipinski definition) is 2. The molecular formula is C17H23N5O2. The average Bonchev–Trinajstić information content (AvgIpc) is 2.61. The second-order valence-electron chi connectivity index (χ2n) is 5.93. The van der Waals surface area contributed by atoms with Crippen LogP contribution in [0.15, 0.2) is 35.5 Å². The minimum atomic E-state index is -0.109. The molecule has 3 rings (SSSR count). The van der Waals surface area contributed by atoms with E-state index >= 15 is 0 Å². The van der Waals surface area contributed by atoms with E-state index in [-0.39, 0.29) is 11.7 Å². The first-order valence-corrected chi connectivity index (χ1v) is 8.24. The zero-order valence-electron chi connectivity index (χ0n) is 13.9. The zero-order chi connectivity index (χ0) is 16.8. The number of H-pyrrole nitrogens is 1. The van der Waals surface area contributed by atoms with Gasteiger partial charge in [0.25, 0.3) is 5.56 Å². The lowest BCUT2D eigenvalue weighted by Crippen LogP contribution is -2.42. The van der Waals surface area contributed by atoms with Gasteiger partial charge in [-0.1, -0.05) is 6.07 Å². The topological polar surface area (TPSA) is 83.1 Å². The molecule has 0 aromatic carbocycles. The fourth-order valence-corrected chi connectivity index (χ4v) is 2.99. The summed E-state index contributed by atoms with van der Waals surface area (Å²) < 4.78 is 5.87. The number of aryl methyl sites for hydroxylation is 1. The number of pyridine rings is 1. The average molecular weight is 329 g/mol. The Balaban J connectivity index is 1.55. The Morgan fingerprint density at radius 2 is 2.38 bits per heavy atom. The lowest BCUT2D eigenvalue weighted by molar-refractivity contribution is -0.0346. The van der Waals surface area contributed by atoms with Crippen molar-refractivity contribution in [2.45, 2.75) is 25.5 Å². The number of nitrogens with one attached hydrogen (secondary N) is 2. The lowest BCUT2D eigenvalue weighted by atomic mass is 10.1. The van der Waals surface area contributed by atoms with Gasteiger partial charge in [-0.3, -0.25) is 9.69 Å². The monoisotopic (exact) mass is 329 g/mol. The van der Waals surface area contributed by atoms with Crippen molar-refractivity contribution in [2.75, 3.05) is 32.1 Å². The van der Waals surface area contributed by atoms with Gasteiger partial charge in [-0.15, -0.1) is 0 Å². The van der Waals surface area contributed by atoms with E-state index in [0.717, 1.165) is 50.6 Å². The Labute approximate surface area is 141 Å². The molecule has 24 heavy (non-hydrogen) atoms. The van der Waals surface area contributed by atoms with E-state index in [1.165, 1.54) is 11.9 Å². The molecule has 2 aromatic rings. The van der Waals surface area contributed by atoms with E-state index in [1.807, 2.05) is 13.1 Å². The molecule has 0 spiro atoms. The van der Waals surface area contributed by atoms with Crippen LogP contribution in [0.1, 0.15) is 17.7 Å². The summed E-state index contributed by atoms with van der Waals surface area (Å²) in [6.07, 6.45) is 5.02. The quantitative estimate of drug-likeness (QED) is 0.824. The van der Waals surface area contributed by atoms with Crippen LogP contribution in [0.3, 0.4) is 0 Å². The molecule has 0 saturated carbocycles. The summed E-state index contributed by atoms with van der Waals surface area (Å²) in [6, 6.07) is 5.62. The third-order valence-electron chi connectivity index (χ3n) is 4.20. The Kier molecular flexibility index (Phi) is 5.55. The summed E-state index contributed by atoms with van der Waals surface area (Å²) in [6.45, 7) is 3.37. The molecule has 0 unspecified atom stereocenters. The molecule has 7 nitrogen and oxygen atoms in total. The standard InChI is InChI=1S/C17H23N5O2/c1-18-17-13(3-2-6-19-17)10-22-7-8-24-15(11-22)5-4-14-9-16(23)21-12-20-14/h2-3,6,9,12,15H,4-5,7-8,10-11H2,1H3,(H,18,19)(H,20,21,23)/t15-/m1/s1. The first-order chi connectivity index (χ1) is 11.7. The van der Waals surface area contributed by atoms with Crippen molar-refractivity contribution in [1.29, 1.82) is 0 Å². The number of aromatic amines is 1. The molecule has 1 aliphatic rings. The van der Waals surface area contributed by atoms with Crippen LogP contribution in [0.5, 0.6) is 0 Å². The van der Waals surface area contributed by atoms with Crippen LogP contribution in [0.2, 0.25) is 0 Å². The van der Waals surface area contributed by atoms with Crippen molar-refractivity contribution in [3.8, 4) is 0 Å². The van der Waals surface area contributed by atoms with Crippen LogP contribution in [-0.4, -0.2) is 52.7 Å². The third kappa shape index (κ3) is 4.39. The van der Waals surface area contributed by atoms with Gasteiger partial charge in [0, 0.05) is 50.2 Å². The minimum Gasteiger partial charge on any atom is -0.376 e. The number of anilines is 1. The van der Waals surface area contributed by atoms with Gasteiger partial charge in [-0.05, 0) is 18.9 Å². The molecule has 0 bridgehead atoms. The van der Waals surface area contributed by atoms with E-state index in [2.05, 4.69) is 31.2 Å². The molecule has 1 aliphatic heterocycles. The van der Waals surface area contributed by atoms with Gasteiger partial charge in [0.05, 0.1) is 19.0 Å². The summed E-state index contributed by atoms with van der Waals surface area (Å²) in [7, 11) is 1.89. The maximum atomic E-state index is 11.3. The highest BCUT2D eigenvalue weighted by Gasteiger charge is 2.21. The lowest BCUT2D eigenvalue weighted by Gasteiger charge is -2.33. The first-order valence-electron chi connectivity index (χ1n) is 8.24. The van der Waals surface area contributed by atoms with Crippen LogP contribution in [0.25, 0.3) is 0 Å². The van der Waals surface area contributed by atoms with Crippen LogP contribution in [0, 0.1) is 0 Å². The first kappa shape index (κ1) is 16.6. The van der Waals surface area contributed by atoms with E-state index in [1.54, 1.807) is 12.3 Å². The second-order valence-corrected chi connectivity index (χ2v) is 5.93. The van der Waals surface area contributed by atoms with Gasteiger partial charge in [-0.2, -0.15) is 0 Å². The number of ether oxygens (including phenoxy) is 1. The molecule has 1 saturated heterocycles. The highest BCUT2D eigenvalue weighted by atomic mass is 16.5. The van der Waals surface area contributed by atoms with Crippen LogP contribution >= 0.6 is 0 Å². The summed E-state index contributed by atoms with van der Waals surface area (Å²) in [5.41, 5.74) is 1.89. The Morgan fingerprint density at radius 3 is 3.21 bits per heavy atom. The van der Waals surface area contributed by atoms with Gasteiger partial charge < -0.3 is 15.0 Å². The van der Waals surface area contributed by atoms with Crippen molar-refractivity contribution in [1.82, 2.24) is 19.9 Å². The van der Waals surface area contributed by atoms with Gasteiger partial charge in [0.2, 0.25) is 0 Å². The highest BCUT2D eigenvalue weighted by Crippen LogP contribution is 2.17. The molecular weight excluding hydrogens is 306 g/mol. The van der Waals surface area contributed by atoms with E-state index in [0.29, 0.717) is 0 Å². The van der Waals surface area contributed by atoms with E-state index in [4.69, 9.17) is 4.74 Å². The van der Waals surface area contributed by atoms with Crippen LogP contribution in [0.4, 0.5) is 5.82 Å². The maximum Gasteiger partial charge on any atom is 0.250 e. The van der Waals surface area contributed by atoms with Crippen molar-refractivity contribution >= 4 is 5.82 Å². The molecule has 2 N–H and O–H groups in total. The number of aromatic nitrogens is 3. The molecule has 0 amide bonds. The molecule has 128 valence electrons. The fraction of sp³-hybridized carbons (Fsp3) is 0.471. The number of morpholine rings is 1. The predicted molar refractivity (Wildman–Crippen MR) is 92.0 cm³/mol. The zero-order valence-corrected chi connectivity index (χ0v) is 13.9. The molecule has 0 radical (unpaired) electrons. The van der Waals surface area contributed by atoms with E-state index in [9.17, 15) is 4.79 Å². The van der Waals surface area contributed by atoms with Gasteiger partial charge >= 0.3 is 0 Å². The van der Waals surface area contributed by atoms with Gasteiger partial charge in [0.1, 0.15) is 5.82 Å². The van der Waals surface area contributed by atoms with Crippen molar-refractivity contribution in [3.63, 3.8) is 0 Å². The fourth-order valence-electron chi connectivity index (χ4n) is 2.99. The van der Waals surface area contributed by atoms with Crippen LogP contribution < -0.4 is 10.9 Å². The van der Waals surface area contributed by atoms with Gasteiger partial charge in [-0.25, -0.2) is 9.97 Å². The smallest absolute Gasteiger partial charge is 0.250 e. The molecule has 3 heterocycles. The largest absolute Gasteiger partial charge is 0.376 e. The summed E-state index contributed by atoms with van der Waals surface area (Å²) >= 11 is 0. The number of nitrogens with zero attached hydrogens (tertiary/aromatic N) is 3. The maximum absolute atomic E-state index is 11.3. The molecule has 2 aromatic heterocycles.